The number of imidazole rings is 2. The van der Waals surface area contributed by atoms with Crippen LogP contribution in [0.3, 0.4) is 0 Å². The molecule has 2 amide bonds. The van der Waals surface area contributed by atoms with Crippen LogP contribution in [0.5, 0.6) is 23.0 Å². The molecule has 0 bridgehead atoms. The van der Waals surface area contributed by atoms with Crippen LogP contribution in [0.15, 0.2) is 244 Å². The summed E-state index contributed by atoms with van der Waals surface area (Å²) in [7, 11) is 2.09. The first-order valence-corrected chi connectivity index (χ1v) is 43.9. The molecule has 14 rings (SSSR count). The topological polar surface area (TPSA) is 249 Å². The zero-order chi connectivity index (χ0) is 82.0. The molecule has 0 radical (unpaired) electrons. The van der Waals surface area contributed by atoms with Crippen molar-refractivity contribution in [3.05, 3.63) is 288 Å². The third kappa shape index (κ3) is 18.1. The molecule has 0 saturated carbocycles. The van der Waals surface area contributed by atoms with E-state index in [4.69, 9.17) is 53.6 Å². The highest BCUT2D eigenvalue weighted by Gasteiger charge is 2.54. The maximum Gasteiger partial charge on any atom is 0.256 e. The number of methoxy groups -OCH3 is 4. The molecule has 8 aromatic carbocycles. The molecule has 22 nitrogen and oxygen atoms in total. The number of hydrogen-bond acceptors (Lipinski definition) is 18. The molecule has 2 aliphatic rings. The van der Waals surface area contributed by atoms with Crippen molar-refractivity contribution in [2.75, 3.05) is 52.3 Å². The van der Waals surface area contributed by atoms with Gasteiger partial charge in [-0.3, -0.25) is 18.7 Å². The third-order valence-electron chi connectivity index (χ3n) is 21.8. The highest BCUT2D eigenvalue weighted by atomic mass is 35.5. The minimum Gasteiger partial charge on any atom is -0.497 e. The quantitative estimate of drug-likeness (QED) is 0.0289. The number of halogens is 3. The molecule has 12 aromatic rings. The fourth-order valence-corrected chi connectivity index (χ4v) is 15.5. The summed E-state index contributed by atoms with van der Waals surface area (Å²) in [5.41, 5.74) is 5.98. The Hall–Kier alpha value is -10.7. The van der Waals surface area contributed by atoms with Crippen LogP contribution >= 0.6 is 11.6 Å². The first-order valence-electron chi connectivity index (χ1n) is 37.7. The van der Waals surface area contributed by atoms with Gasteiger partial charge in [0.2, 0.25) is 0 Å². The first kappa shape index (κ1) is 83.8. The molecule has 2 saturated heterocycles. The number of aromatic nitrogens is 8. The summed E-state index contributed by atoms with van der Waals surface area (Å²) < 4.78 is 90.3. The maximum absolute atomic E-state index is 17.8. The predicted octanol–water partition coefficient (Wildman–Crippen LogP) is 17.7. The van der Waals surface area contributed by atoms with E-state index < -0.39 is 76.3 Å². The van der Waals surface area contributed by atoms with Crippen LogP contribution in [0.2, 0.25) is 36.3 Å². The number of aliphatic hydroxyl groups is 1. The number of ether oxygens (including phenoxy) is 7. The van der Waals surface area contributed by atoms with Crippen molar-refractivity contribution in [1.29, 1.82) is 0 Å². The standard InChI is InChI=1S/C44H48FN5O6Si.C23H30FN5O4Si.C21H19ClO2/c1-43(2,3)57(6,7)54-26-35-38(36(45)42(55-35)50-28-48-37-39(46-27-47-40(37)50)49-41(51)29-14-10-8-11-15-29)56-44(30-16-12-9-13-17-30,31-18-22-33(52-4)23-19-31)32-20-24-34(53-5)25-21-32;1-23(2,3)34(4,5)32-11-15-18(30)16(24)22(33-15)29-13-27-17-19(25-12-26-20(17)29)28-21(31)14-9-7-6-8-10-14;1-23-19-12-8-17(9-13-19)21(22,16-6-4-3-5-7-16)18-10-14-20(24-2)15-11-18/h8-25,27-28,35-36,38,42H,26H2,1-7H3,(H,46,47,49,51);6-10,12-13,15-16,18,22,30H,11H2,1-5H3,(H,25,26,28,31);3-15H,1-2H3/t35-,36-,38-,42-;15-,16-,18-,22-;/m11./s1. The van der Waals surface area contributed by atoms with E-state index in [1.54, 1.807) is 77.0 Å². The SMILES string of the molecule is CC(C)(C)[Si](C)(C)OC[C@H]1O[C@@H](n2cnc3c(NC(=O)c4ccccc4)ncnc32)[C@H](F)[C@@H]1O.COc1ccc(C(Cl)(c2ccccc2)c2ccc(OC)cc2)cc1.COc1ccc(C(O[C@H]2[C@@H](F)[C@H](n3cnc4c(NC(=O)c5ccccc5)ncnc43)O[C@@H]2CO[Si](C)(C)C(C)(C)C)(c2ccccc2)c2ccc(OC)cc2)cc1. The van der Waals surface area contributed by atoms with E-state index in [0.717, 1.165) is 44.9 Å². The number of fused-ring (bicyclic) bond motifs is 2. The number of nitrogens with zero attached hydrogens (tertiary/aromatic N) is 8. The highest BCUT2D eigenvalue weighted by Crippen LogP contribution is 2.49. The van der Waals surface area contributed by atoms with Gasteiger partial charge < -0.3 is 57.8 Å². The van der Waals surface area contributed by atoms with Crippen LogP contribution in [0.1, 0.15) is 108 Å². The molecule has 600 valence electrons. The predicted molar refractivity (Wildman–Crippen MR) is 445 cm³/mol. The van der Waals surface area contributed by atoms with E-state index in [1.165, 1.54) is 34.4 Å². The van der Waals surface area contributed by atoms with Crippen molar-refractivity contribution in [2.24, 2.45) is 0 Å². The summed E-state index contributed by atoms with van der Waals surface area (Å²) in [4.78, 5) is 50.8. The smallest absolute Gasteiger partial charge is 0.256 e. The third-order valence-corrected chi connectivity index (χ3v) is 31.5. The van der Waals surface area contributed by atoms with Gasteiger partial charge >= 0.3 is 0 Å². The summed E-state index contributed by atoms with van der Waals surface area (Å²) in [5.74, 6) is 2.61. The molecule has 0 spiro atoms. The Labute approximate surface area is 675 Å². The van der Waals surface area contributed by atoms with Crippen LogP contribution in [-0.4, -0.2) is 151 Å². The Balaban J connectivity index is 0.000000177. The van der Waals surface area contributed by atoms with Crippen molar-refractivity contribution in [3.63, 3.8) is 0 Å². The fraction of sp³-hybridized carbons (Fsp3) is 0.318. The van der Waals surface area contributed by atoms with Crippen LogP contribution < -0.4 is 29.6 Å². The number of rotatable bonds is 24. The van der Waals surface area contributed by atoms with E-state index >= 15 is 8.78 Å². The van der Waals surface area contributed by atoms with Crippen molar-refractivity contribution in [1.82, 2.24) is 39.0 Å². The van der Waals surface area contributed by atoms with E-state index in [9.17, 15) is 14.7 Å². The zero-order valence-corrected chi connectivity index (χ0v) is 69.5. The van der Waals surface area contributed by atoms with E-state index in [2.05, 4.69) is 108 Å². The molecule has 0 unspecified atom stereocenters. The van der Waals surface area contributed by atoms with Gasteiger partial charge in [-0.15, -0.1) is 11.6 Å². The highest BCUT2D eigenvalue weighted by molar-refractivity contribution is 6.74. The minimum atomic E-state index is -2.34. The molecular weight excluding hydrogens is 1520 g/mol. The van der Waals surface area contributed by atoms with Gasteiger partial charge in [0.1, 0.15) is 70.5 Å². The largest absolute Gasteiger partial charge is 0.497 e. The monoisotopic (exact) mass is 1610 g/mol. The summed E-state index contributed by atoms with van der Waals surface area (Å²) in [6, 6.07) is 68.2. The molecule has 27 heteroatoms. The summed E-state index contributed by atoms with van der Waals surface area (Å²) >= 11 is 7.22. The molecule has 115 heavy (non-hydrogen) atoms. The van der Waals surface area contributed by atoms with Gasteiger partial charge in [0, 0.05) is 11.1 Å². The number of hydrogen-bond donors (Lipinski definition) is 3. The second-order valence-electron chi connectivity index (χ2n) is 31.0. The molecule has 6 heterocycles. The van der Waals surface area contributed by atoms with Gasteiger partial charge in [0.15, 0.2) is 75.4 Å². The van der Waals surface area contributed by atoms with Crippen molar-refractivity contribution < 1.29 is 65.5 Å². The maximum atomic E-state index is 17.8. The van der Waals surface area contributed by atoms with Gasteiger partial charge in [-0.25, -0.2) is 38.7 Å². The van der Waals surface area contributed by atoms with E-state index in [-0.39, 0.29) is 69.1 Å². The summed E-state index contributed by atoms with van der Waals surface area (Å²) in [5, 5.41) is 15.9. The van der Waals surface area contributed by atoms with Crippen LogP contribution in [0.25, 0.3) is 22.3 Å². The van der Waals surface area contributed by atoms with Gasteiger partial charge in [0.25, 0.3) is 11.8 Å². The summed E-state index contributed by atoms with van der Waals surface area (Å²) in [6.45, 7) is 21.4. The number of alkyl halides is 3. The number of benzene rings is 8. The first-order chi connectivity index (χ1) is 55.0. The Morgan fingerprint density at radius 3 is 1.15 bits per heavy atom. The normalized spacial score (nSPS) is 18.5. The van der Waals surface area contributed by atoms with E-state index in [1.807, 2.05) is 170 Å². The van der Waals surface area contributed by atoms with Crippen molar-refractivity contribution in [2.45, 2.75) is 137 Å². The van der Waals surface area contributed by atoms with Crippen LogP contribution in [0.4, 0.5) is 20.4 Å². The van der Waals surface area contributed by atoms with Crippen LogP contribution in [-0.2, 0) is 33.5 Å². The lowest BCUT2D eigenvalue weighted by Gasteiger charge is -2.40. The second kappa shape index (κ2) is 35.6. The van der Waals surface area contributed by atoms with Crippen LogP contribution in [0, 0.1) is 0 Å². The molecule has 4 aromatic heterocycles. The number of aliphatic hydroxyl groups excluding tert-OH is 1. The Kier molecular flexibility index (Phi) is 25.9. The Bertz CT molecular complexity index is 5120. The molecule has 2 fully saturated rings. The lowest BCUT2D eigenvalue weighted by molar-refractivity contribution is -0.103. The lowest BCUT2D eigenvalue weighted by atomic mass is 9.79. The number of anilines is 2. The van der Waals surface area contributed by atoms with E-state index in [0.29, 0.717) is 22.6 Å². The fourth-order valence-electron chi connectivity index (χ4n) is 13.1. The molecule has 2 aliphatic heterocycles. The average molecular weight is 1620 g/mol. The Morgan fingerprint density at radius 1 is 0.452 bits per heavy atom. The molecular formula is C88H97ClF2N10O12Si2. The Morgan fingerprint density at radius 2 is 0.774 bits per heavy atom. The van der Waals surface area contributed by atoms with Gasteiger partial charge in [0.05, 0.1) is 54.3 Å². The second-order valence-corrected chi connectivity index (χ2v) is 41.1. The molecule has 3 N–H and O–H groups in total. The van der Waals surface area contributed by atoms with Crippen molar-refractivity contribution in [3.8, 4) is 23.0 Å². The number of carbonyl (C=O) groups excluding carboxylic acids is 2. The molecule has 8 atom stereocenters. The van der Waals surface area contributed by atoms with Gasteiger partial charge in [-0.05, 0) is 142 Å². The summed E-state index contributed by atoms with van der Waals surface area (Å²) in [6.07, 6.45) is -4.62. The number of carbonyl (C=O) groups is 2. The van der Waals surface area contributed by atoms with Crippen molar-refractivity contribution >= 4 is 74.0 Å². The average Bonchev–Trinajstić information content (AvgIpc) is 1.69. The van der Waals surface area contributed by atoms with Gasteiger partial charge in [-0.2, -0.15) is 0 Å². The zero-order valence-electron chi connectivity index (χ0n) is 66.8. The minimum absolute atomic E-state index is 0.0247. The lowest BCUT2D eigenvalue weighted by Crippen LogP contribution is -2.47. The number of amides is 2. The number of nitrogens with one attached hydrogen (secondary N) is 2. The molecule has 0 aliphatic carbocycles. The van der Waals surface area contributed by atoms with Gasteiger partial charge in [-0.1, -0.05) is 187 Å².